The van der Waals surface area contributed by atoms with Crippen molar-refractivity contribution in [2.75, 3.05) is 26.0 Å². The van der Waals surface area contributed by atoms with Crippen molar-refractivity contribution < 1.29 is 27.4 Å². The van der Waals surface area contributed by atoms with Gasteiger partial charge in [0.25, 0.3) is 5.91 Å². The molecule has 0 spiro atoms. The van der Waals surface area contributed by atoms with Crippen LogP contribution in [-0.4, -0.2) is 62.4 Å². The first kappa shape index (κ1) is 17.6. The van der Waals surface area contributed by atoms with Crippen molar-refractivity contribution in [1.29, 1.82) is 0 Å². The molecular weight excluding hydrogens is 327 g/mol. The number of sulfonamides is 1. The van der Waals surface area contributed by atoms with Gasteiger partial charge < -0.3 is 14.7 Å². The molecule has 0 aromatic heterocycles. The van der Waals surface area contributed by atoms with Crippen LogP contribution in [0.4, 0.5) is 4.39 Å². The highest BCUT2D eigenvalue weighted by Gasteiger charge is 2.38. The average molecular weight is 346 g/mol. The first-order valence-corrected chi connectivity index (χ1v) is 8.96. The predicted molar refractivity (Wildman–Crippen MR) is 80.9 cm³/mol. The van der Waals surface area contributed by atoms with Crippen LogP contribution in [-0.2, 0) is 14.8 Å². The second kappa shape index (κ2) is 7.24. The van der Waals surface area contributed by atoms with Crippen LogP contribution in [0.1, 0.15) is 6.42 Å². The topological polar surface area (TPSA) is 95.9 Å². The predicted octanol–water partition coefficient (Wildman–Crippen LogP) is -0.284. The molecule has 1 unspecified atom stereocenters. The van der Waals surface area contributed by atoms with E-state index in [0.717, 1.165) is 6.26 Å². The van der Waals surface area contributed by atoms with Crippen molar-refractivity contribution in [1.82, 2.24) is 9.62 Å². The maximum Gasteiger partial charge on any atom is 0.260 e. The molecule has 9 heteroatoms. The Kier molecular flexibility index (Phi) is 5.55. The zero-order valence-corrected chi connectivity index (χ0v) is 13.4. The molecule has 7 nitrogen and oxygen atoms in total. The summed E-state index contributed by atoms with van der Waals surface area (Å²) in [5.74, 6) is -1.05. The molecule has 0 radical (unpaired) electrons. The standard InChI is InChI=1S/C14H19FN2O5S/c1-23(20,21)16-11-6-7-17(12(11)8-18)14(19)9-22-13-5-3-2-4-10(13)15/h2-5,11-12,16,18H,6-9H2,1H3/t11-,12?/m0/s1. The van der Waals surface area contributed by atoms with Gasteiger partial charge in [-0.1, -0.05) is 12.1 Å². The van der Waals surface area contributed by atoms with E-state index in [2.05, 4.69) is 4.72 Å². The van der Waals surface area contributed by atoms with Gasteiger partial charge in [0.1, 0.15) is 0 Å². The first-order chi connectivity index (χ1) is 10.8. The number of hydrogen-bond donors (Lipinski definition) is 2. The number of nitrogens with zero attached hydrogens (tertiary/aromatic N) is 1. The van der Waals surface area contributed by atoms with Gasteiger partial charge in [0.15, 0.2) is 18.2 Å². The number of benzene rings is 1. The molecule has 0 saturated carbocycles. The summed E-state index contributed by atoms with van der Waals surface area (Å²) in [4.78, 5) is 13.6. The summed E-state index contributed by atoms with van der Waals surface area (Å²) in [5.41, 5.74) is 0. The number of rotatable bonds is 6. The molecule has 2 atom stereocenters. The molecule has 128 valence electrons. The Bertz CT molecular complexity index is 667. The van der Waals surface area contributed by atoms with E-state index >= 15 is 0 Å². The fourth-order valence-corrected chi connectivity index (χ4v) is 3.41. The van der Waals surface area contributed by atoms with E-state index in [4.69, 9.17) is 4.74 Å². The summed E-state index contributed by atoms with van der Waals surface area (Å²) in [6.45, 7) is -0.473. The van der Waals surface area contributed by atoms with Crippen molar-refractivity contribution in [2.24, 2.45) is 0 Å². The smallest absolute Gasteiger partial charge is 0.260 e. The molecule has 23 heavy (non-hydrogen) atoms. The van der Waals surface area contributed by atoms with Crippen molar-refractivity contribution in [3.8, 4) is 5.75 Å². The van der Waals surface area contributed by atoms with E-state index in [1.807, 2.05) is 0 Å². The summed E-state index contributed by atoms with van der Waals surface area (Å²) in [7, 11) is -3.44. The van der Waals surface area contributed by atoms with Crippen LogP contribution in [0.2, 0.25) is 0 Å². The van der Waals surface area contributed by atoms with Crippen LogP contribution in [0.15, 0.2) is 24.3 Å². The van der Waals surface area contributed by atoms with Crippen LogP contribution in [0, 0.1) is 5.82 Å². The van der Waals surface area contributed by atoms with Crippen molar-refractivity contribution in [3.05, 3.63) is 30.1 Å². The minimum Gasteiger partial charge on any atom is -0.481 e. The number of nitrogens with one attached hydrogen (secondary N) is 1. The van der Waals surface area contributed by atoms with Gasteiger partial charge in [-0.15, -0.1) is 0 Å². The molecule has 1 heterocycles. The Morgan fingerprint density at radius 1 is 1.48 bits per heavy atom. The number of para-hydroxylation sites is 1. The fraction of sp³-hybridized carbons (Fsp3) is 0.500. The maximum atomic E-state index is 13.4. The third-order valence-corrected chi connectivity index (χ3v) is 4.34. The van der Waals surface area contributed by atoms with E-state index < -0.39 is 33.8 Å². The molecule has 1 aromatic rings. The highest BCUT2D eigenvalue weighted by Crippen LogP contribution is 2.20. The Balaban J connectivity index is 1.98. The van der Waals surface area contributed by atoms with Crippen LogP contribution in [0.25, 0.3) is 0 Å². The summed E-state index contributed by atoms with van der Waals surface area (Å²) >= 11 is 0. The number of likely N-dealkylation sites (tertiary alicyclic amines) is 1. The highest BCUT2D eigenvalue weighted by atomic mass is 32.2. The lowest BCUT2D eigenvalue weighted by Gasteiger charge is -2.26. The third-order valence-electron chi connectivity index (χ3n) is 3.61. The molecule has 1 fully saturated rings. The SMILES string of the molecule is CS(=O)(=O)N[C@H]1CCN(C(=O)COc2ccccc2F)C1CO. The molecule has 2 rings (SSSR count). The fourth-order valence-electron chi connectivity index (χ4n) is 2.59. The number of halogens is 1. The second-order valence-corrected chi connectivity index (χ2v) is 7.12. The van der Waals surface area contributed by atoms with E-state index in [0.29, 0.717) is 6.42 Å². The molecule has 1 saturated heterocycles. The van der Waals surface area contributed by atoms with Gasteiger partial charge in [0.05, 0.1) is 18.9 Å². The molecule has 0 aliphatic carbocycles. The first-order valence-electron chi connectivity index (χ1n) is 7.07. The number of carbonyl (C=O) groups excluding carboxylic acids is 1. The number of ether oxygens (including phenoxy) is 1. The van der Waals surface area contributed by atoms with Gasteiger partial charge >= 0.3 is 0 Å². The van der Waals surface area contributed by atoms with Gasteiger partial charge in [-0.2, -0.15) is 0 Å². The van der Waals surface area contributed by atoms with Gasteiger partial charge in [0.2, 0.25) is 10.0 Å². The van der Waals surface area contributed by atoms with E-state index in [1.165, 1.54) is 23.1 Å². The van der Waals surface area contributed by atoms with Crippen LogP contribution in [0.5, 0.6) is 5.75 Å². The lowest BCUT2D eigenvalue weighted by atomic mass is 10.1. The summed E-state index contributed by atoms with van der Waals surface area (Å²) < 4.78 is 43.6. The third kappa shape index (κ3) is 4.63. The van der Waals surface area contributed by atoms with Crippen molar-refractivity contribution in [3.63, 3.8) is 0 Å². The summed E-state index contributed by atoms with van der Waals surface area (Å²) in [6, 6.07) is 4.51. The Morgan fingerprint density at radius 2 is 2.17 bits per heavy atom. The second-order valence-electron chi connectivity index (χ2n) is 5.34. The average Bonchev–Trinajstić information content (AvgIpc) is 2.86. The Labute approximate surface area is 134 Å². The van der Waals surface area contributed by atoms with Gasteiger partial charge in [0, 0.05) is 12.6 Å². The maximum absolute atomic E-state index is 13.4. The molecule has 2 N–H and O–H groups in total. The van der Waals surface area contributed by atoms with Crippen LogP contribution >= 0.6 is 0 Å². The number of hydrogen-bond acceptors (Lipinski definition) is 5. The van der Waals surface area contributed by atoms with E-state index in [-0.39, 0.29) is 25.5 Å². The quantitative estimate of drug-likeness (QED) is 0.738. The lowest BCUT2D eigenvalue weighted by molar-refractivity contribution is -0.135. The van der Waals surface area contributed by atoms with Crippen LogP contribution < -0.4 is 9.46 Å². The molecule has 1 aliphatic rings. The Hall–Kier alpha value is -1.71. The lowest BCUT2D eigenvalue weighted by Crippen LogP contribution is -2.49. The summed E-state index contributed by atoms with van der Waals surface area (Å²) in [6.07, 6.45) is 1.41. The number of carbonyl (C=O) groups is 1. The molecular formula is C14H19FN2O5S. The van der Waals surface area contributed by atoms with Crippen molar-refractivity contribution >= 4 is 15.9 Å². The van der Waals surface area contributed by atoms with Crippen LogP contribution in [0.3, 0.4) is 0 Å². The monoisotopic (exact) mass is 346 g/mol. The van der Waals surface area contributed by atoms with Gasteiger partial charge in [-0.05, 0) is 18.6 Å². The minimum absolute atomic E-state index is 0.0357. The van der Waals surface area contributed by atoms with Gasteiger partial charge in [-0.3, -0.25) is 4.79 Å². The highest BCUT2D eigenvalue weighted by molar-refractivity contribution is 7.88. The van der Waals surface area contributed by atoms with E-state index in [1.54, 1.807) is 6.07 Å². The largest absolute Gasteiger partial charge is 0.481 e. The number of amides is 1. The molecule has 1 aliphatic heterocycles. The van der Waals surface area contributed by atoms with Crippen molar-refractivity contribution in [2.45, 2.75) is 18.5 Å². The van der Waals surface area contributed by atoms with E-state index in [9.17, 15) is 22.7 Å². The molecule has 1 aromatic carbocycles. The van der Waals surface area contributed by atoms with Gasteiger partial charge in [-0.25, -0.2) is 17.5 Å². The number of aliphatic hydroxyl groups excluding tert-OH is 1. The molecule has 0 bridgehead atoms. The minimum atomic E-state index is -3.44. The normalized spacial score (nSPS) is 21.4. The zero-order chi connectivity index (χ0) is 17.0. The Morgan fingerprint density at radius 3 is 2.78 bits per heavy atom. The zero-order valence-electron chi connectivity index (χ0n) is 12.6. The molecule has 1 amide bonds. The summed E-state index contributed by atoms with van der Waals surface area (Å²) in [5, 5.41) is 9.45. The number of aliphatic hydroxyl groups is 1.